The molecule has 1 aromatic carbocycles. The third kappa shape index (κ3) is 3.34. The normalized spacial score (nSPS) is 10.5. The maximum atomic E-state index is 11.0. The fourth-order valence-corrected chi connectivity index (χ4v) is 2.39. The van der Waals surface area contributed by atoms with Crippen LogP contribution in [0.25, 0.3) is 22.6 Å². The first-order valence-electron chi connectivity index (χ1n) is 7.19. The quantitative estimate of drug-likeness (QED) is 0.261. The van der Waals surface area contributed by atoms with Crippen LogP contribution in [0.2, 0.25) is 0 Å². The van der Waals surface area contributed by atoms with Crippen LogP contribution >= 0.6 is 0 Å². The van der Waals surface area contributed by atoms with Gasteiger partial charge in [-0.05, 0) is 13.3 Å². The average molecular weight is 425 g/mol. The Labute approximate surface area is 150 Å². The smallest absolute Gasteiger partial charge is 0.272 e. The number of hydrogen-bond donors (Lipinski definition) is 0. The van der Waals surface area contributed by atoms with E-state index < -0.39 is 4.92 Å². The number of non-ortho nitro benzene ring substituents is 1. The van der Waals surface area contributed by atoms with Crippen molar-refractivity contribution in [3.63, 3.8) is 0 Å². The lowest BCUT2D eigenvalue weighted by molar-refractivity contribution is -0.693. The van der Waals surface area contributed by atoms with Crippen LogP contribution in [0.15, 0.2) is 41.1 Å². The van der Waals surface area contributed by atoms with Gasteiger partial charge in [-0.15, -0.1) is 0 Å². The predicted octanol–water partition coefficient (Wildman–Crippen LogP) is 0.277. The molecule has 0 aliphatic carbocycles. The van der Waals surface area contributed by atoms with E-state index in [2.05, 4.69) is 11.9 Å². The summed E-state index contributed by atoms with van der Waals surface area (Å²) >= 11 is 0. The van der Waals surface area contributed by atoms with Gasteiger partial charge in [0.25, 0.3) is 5.69 Å². The first-order chi connectivity index (χ1) is 10.6. The van der Waals surface area contributed by atoms with E-state index in [9.17, 15) is 10.1 Å². The number of aromatic nitrogens is 2. The number of benzene rings is 1. The molecular formula is C16H16IN3O3. The minimum Gasteiger partial charge on any atom is -1.00 e. The molecule has 3 aromatic rings. The van der Waals surface area contributed by atoms with Gasteiger partial charge >= 0.3 is 0 Å². The molecule has 0 spiro atoms. The predicted molar refractivity (Wildman–Crippen MR) is 81.3 cm³/mol. The zero-order chi connectivity index (χ0) is 15.7. The van der Waals surface area contributed by atoms with Gasteiger partial charge in [-0.2, -0.15) is 0 Å². The molecule has 2 heterocycles. The number of fused-ring (bicyclic) bond motifs is 1. The minimum atomic E-state index is -0.403. The molecule has 2 aromatic heterocycles. The Kier molecular flexibility index (Phi) is 5.30. The fraction of sp³-hybridized carbons (Fsp3) is 0.250. The Bertz CT molecular complexity index is 844. The molecule has 0 aliphatic heterocycles. The highest BCUT2D eigenvalue weighted by atomic mass is 127. The number of nitro groups is 1. The van der Waals surface area contributed by atoms with Gasteiger partial charge < -0.3 is 28.4 Å². The number of halogens is 1. The highest BCUT2D eigenvalue weighted by molar-refractivity contribution is 5.82. The van der Waals surface area contributed by atoms with E-state index in [-0.39, 0.29) is 29.7 Å². The summed E-state index contributed by atoms with van der Waals surface area (Å²) in [5, 5.41) is 11.0. The number of pyridine rings is 1. The largest absolute Gasteiger partial charge is 1.00 e. The molecule has 0 atom stereocenters. The number of rotatable bonds is 4. The number of oxazole rings is 1. The molecule has 0 fully saturated rings. The summed E-state index contributed by atoms with van der Waals surface area (Å²) in [6.07, 6.45) is 4.55. The summed E-state index contributed by atoms with van der Waals surface area (Å²) in [7, 11) is 0. The summed E-state index contributed by atoms with van der Waals surface area (Å²) in [5.74, 6) is 0.480. The van der Waals surface area contributed by atoms with Gasteiger partial charge in [0.1, 0.15) is 12.1 Å². The van der Waals surface area contributed by atoms with Gasteiger partial charge in [0, 0.05) is 35.4 Å². The minimum absolute atomic E-state index is 0. The average Bonchev–Trinajstić information content (AvgIpc) is 2.97. The van der Waals surface area contributed by atoms with Gasteiger partial charge in [0.2, 0.25) is 5.89 Å². The molecular weight excluding hydrogens is 409 g/mol. The molecule has 23 heavy (non-hydrogen) atoms. The first-order valence-corrected chi connectivity index (χ1v) is 7.19. The van der Waals surface area contributed by atoms with E-state index in [4.69, 9.17) is 4.42 Å². The lowest BCUT2D eigenvalue weighted by atomic mass is 10.1. The fourth-order valence-electron chi connectivity index (χ4n) is 2.39. The van der Waals surface area contributed by atoms with Crippen molar-refractivity contribution in [3.8, 4) is 11.5 Å². The maximum Gasteiger partial charge on any atom is 0.272 e. The van der Waals surface area contributed by atoms with Crippen molar-refractivity contribution in [2.75, 3.05) is 0 Å². The summed E-state index contributed by atoms with van der Waals surface area (Å²) in [6, 6.07) is 6.85. The van der Waals surface area contributed by atoms with Crippen molar-refractivity contribution in [2.24, 2.45) is 0 Å². The van der Waals surface area contributed by atoms with Crippen molar-refractivity contribution >= 4 is 16.8 Å². The highest BCUT2D eigenvalue weighted by Crippen LogP contribution is 2.30. The molecule has 0 aliphatic rings. The highest BCUT2D eigenvalue weighted by Gasteiger charge is 2.17. The van der Waals surface area contributed by atoms with E-state index in [1.165, 1.54) is 6.07 Å². The van der Waals surface area contributed by atoms with Crippen LogP contribution in [0.4, 0.5) is 5.69 Å². The van der Waals surface area contributed by atoms with Gasteiger partial charge in [-0.25, -0.2) is 9.55 Å². The van der Waals surface area contributed by atoms with Gasteiger partial charge in [-0.1, -0.05) is 6.92 Å². The molecule has 0 unspecified atom stereocenters. The second kappa shape index (κ2) is 7.03. The lowest BCUT2D eigenvalue weighted by Gasteiger charge is -1.97. The second-order valence-electron chi connectivity index (χ2n) is 5.00. The van der Waals surface area contributed by atoms with Gasteiger partial charge in [0.05, 0.1) is 4.92 Å². The number of nitrogens with zero attached hydrogens (tertiary/aromatic N) is 3. The zero-order valence-electron chi connectivity index (χ0n) is 12.8. The van der Waals surface area contributed by atoms with E-state index >= 15 is 0 Å². The molecule has 0 radical (unpaired) electrons. The van der Waals surface area contributed by atoms with E-state index in [1.807, 2.05) is 36.0 Å². The van der Waals surface area contributed by atoms with Crippen LogP contribution in [-0.2, 0) is 13.0 Å². The molecule has 0 saturated heterocycles. The monoisotopic (exact) mass is 425 g/mol. The third-order valence-corrected chi connectivity index (χ3v) is 3.65. The Morgan fingerprint density at radius 2 is 1.96 bits per heavy atom. The summed E-state index contributed by atoms with van der Waals surface area (Å²) in [4.78, 5) is 15.0. The summed E-state index contributed by atoms with van der Waals surface area (Å²) < 4.78 is 7.88. The maximum absolute atomic E-state index is 11.0. The Morgan fingerprint density at radius 1 is 1.26 bits per heavy atom. The lowest BCUT2D eigenvalue weighted by Crippen LogP contribution is -3.00. The Hall–Kier alpha value is -2.03. The van der Waals surface area contributed by atoms with Crippen molar-refractivity contribution in [1.29, 1.82) is 0 Å². The van der Waals surface area contributed by atoms with Crippen LogP contribution in [0.3, 0.4) is 0 Å². The van der Waals surface area contributed by atoms with Crippen LogP contribution in [-0.4, -0.2) is 9.91 Å². The number of nitro benzene ring substituents is 1. The molecule has 0 amide bonds. The third-order valence-electron chi connectivity index (χ3n) is 3.65. The molecule has 3 rings (SSSR count). The van der Waals surface area contributed by atoms with E-state index in [1.54, 1.807) is 6.07 Å². The van der Waals surface area contributed by atoms with Gasteiger partial charge in [0.15, 0.2) is 18.0 Å². The van der Waals surface area contributed by atoms with Crippen molar-refractivity contribution in [2.45, 2.75) is 26.8 Å². The first kappa shape index (κ1) is 17.3. The summed E-state index contributed by atoms with van der Waals surface area (Å²) in [6.45, 7) is 4.89. The topological polar surface area (TPSA) is 73.1 Å². The number of aryl methyl sites for hydroxylation is 2. The van der Waals surface area contributed by atoms with Gasteiger partial charge in [-0.3, -0.25) is 10.1 Å². The Morgan fingerprint density at radius 3 is 2.52 bits per heavy atom. The molecule has 0 bridgehead atoms. The molecule has 0 N–H and O–H groups in total. The van der Waals surface area contributed by atoms with Crippen LogP contribution in [0, 0.1) is 10.1 Å². The Balaban J connectivity index is 0.00000192. The molecule has 6 nitrogen and oxygen atoms in total. The number of hydrogen-bond acceptors (Lipinski definition) is 4. The molecule has 0 saturated carbocycles. The SMILES string of the molecule is CCc1cc([N+](=O)[O-])cc2nc(-c3cc[n+](CC)cc3)oc12.[I-]. The van der Waals surface area contributed by atoms with E-state index in [0.29, 0.717) is 23.4 Å². The van der Waals surface area contributed by atoms with Crippen LogP contribution in [0.5, 0.6) is 0 Å². The van der Waals surface area contributed by atoms with Crippen molar-refractivity contribution in [3.05, 3.63) is 52.3 Å². The second-order valence-corrected chi connectivity index (χ2v) is 5.00. The molecule has 120 valence electrons. The zero-order valence-corrected chi connectivity index (χ0v) is 15.0. The van der Waals surface area contributed by atoms with Crippen LogP contribution < -0.4 is 28.5 Å². The molecule has 7 heteroatoms. The van der Waals surface area contributed by atoms with Crippen molar-refractivity contribution < 1.29 is 37.9 Å². The van der Waals surface area contributed by atoms with Crippen molar-refractivity contribution in [1.82, 2.24) is 4.98 Å². The van der Waals surface area contributed by atoms with Crippen LogP contribution in [0.1, 0.15) is 19.4 Å². The summed E-state index contributed by atoms with van der Waals surface area (Å²) in [5.41, 5.74) is 2.83. The van der Waals surface area contributed by atoms with E-state index in [0.717, 1.165) is 17.7 Å². The standard InChI is InChI=1S/C16H16N3O3.HI/c1-3-11-9-13(19(20)21)10-14-15(11)22-16(17-14)12-5-7-18(4-2)8-6-12;/h5-10H,3-4H2,1-2H3;1H/q+1;/p-1.